The van der Waals surface area contributed by atoms with Crippen LogP contribution >= 0.6 is 0 Å². The minimum absolute atomic E-state index is 0.0374. The van der Waals surface area contributed by atoms with Crippen LogP contribution in [0.2, 0.25) is 0 Å². The summed E-state index contributed by atoms with van der Waals surface area (Å²) in [6.07, 6.45) is 5.35. The van der Waals surface area contributed by atoms with Gasteiger partial charge in [-0.25, -0.2) is 0 Å². The molecule has 3 rings (SSSR count). The van der Waals surface area contributed by atoms with E-state index in [2.05, 4.69) is 0 Å². The third kappa shape index (κ3) is 2.64. The van der Waals surface area contributed by atoms with Crippen molar-refractivity contribution in [3.05, 3.63) is 24.3 Å². The lowest BCUT2D eigenvalue weighted by molar-refractivity contribution is -0.153. The van der Waals surface area contributed by atoms with Crippen LogP contribution in [0.15, 0.2) is 24.3 Å². The molecular formula is C14H19BO4. The van der Waals surface area contributed by atoms with Gasteiger partial charge in [0.15, 0.2) is 0 Å². The largest absolute Gasteiger partial charge is 0.492 e. The number of hydrogen-bond donors (Lipinski definition) is 2. The van der Waals surface area contributed by atoms with Crippen molar-refractivity contribution < 1.29 is 19.5 Å². The summed E-state index contributed by atoms with van der Waals surface area (Å²) < 4.78 is 11.8. The summed E-state index contributed by atoms with van der Waals surface area (Å²) in [5, 5.41) is 18.7. The lowest BCUT2D eigenvalue weighted by Gasteiger charge is -2.47. The predicted molar refractivity (Wildman–Crippen MR) is 72.5 cm³/mol. The van der Waals surface area contributed by atoms with E-state index in [-0.39, 0.29) is 11.7 Å². The minimum Gasteiger partial charge on any atom is -0.491 e. The van der Waals surface area contributed by atoms with Gasteiger partial charge in [-0.2, -0.15) is 0 Å². The van der Waals surface area contributed by atoms with Crippen molar-refractivity contribution in [2.45, 2.75) is 43.8 Å². The molecule has 1 saturated carbocycles. The standard InChI is InChI=1S/C14H19BO4/c16-15(17)12-4-1-2-5-13(12)19-11-6-9-18-14(10-11)7-3-8-14/h1-2,4-5,11,16-17H,3,6-10H2. The van der Waals surface area contributed by atoms with E-state index < -0.39 is 7.12 Å². The zero-order valence-corrected chi connectivity index (χ0v) is 10.9. The van der Waals surface area contributed by atoms with Gasteiger partial charge >= 0.3 is 7.12 Å². The molecule has 1 spiro atoms. The Hall–Kier alpha value is -1.04. The first-order valence-electron chi connectivity index (χ1n) is 6.94. The molecule has 2 fully saturated rings. The van der Waals surface area contributed by atoms with Gasteiger partial charge < -0.3 is 19.5 Å². The van der Waals surface area contributed by atoms with E-state index in [0.717, 1.165) is 32.3 Å². The monoisotopic (exact) mass is 262 g/mol. The van der Waals surface area contributed by atoms with Crippen molar-refractivity contribution >= 4 is 12.6 Å². The van der Waals surface area contributed by atoms with Crippen LogP contribution in [0.3, 0.4) is 0 Å². The van der Waals surface area contributed by atoms with Crippen LogP contribution in [-0.2, 0) is 4.74 Å². The second-order valence-electron chi connectivity index (χ2n) is 5.53. The molecule has 19 heavy (non-hydrogen) atoms. The molecule has 0 radical (unpaired) electrons. The Balaban J connectivity index is 1.71. The number of ether oxygens (including phenoxy) is 2. The van der Waals surface area contributed by atoms with Gasteiger partial charge in [-0.15, -0.1) is 0 Å². The minimum atomic E-state index is -1.49. The number of benzene rings is 1. The molecule has 1 aromatic rings. The van der Waals surface area contributed by atoms with E-state index in [1.807, 2.05) is 6.07 Å². The molecule has 1 unspecified atom stereocenters. The first kappa shape index (κ1) is 13.0. The fourth-order valence-electron chi connectivity index (χ4n) is 2.98. The van der Waals surface area contributed by atoms with Gasteiger partial charge in [-0.1, -0.05) is 18.2 Å². The molecule has 0 bridgehead atoms. The van der Waals surface area contributed by atoms with Gasteiger partial charge in [0.05, 0.1) is 12.2 Å². The van der Waals surface area contributed by atoms with Crippen LogP contribution in [0.5, 0.6) is 5.75 Å². The van der Waals surface area contributed by atoms with Crippen LogP contribution in [0.4, 0.5) is 0 Å². The molecule has 2 aliphatic rings. The fraction of sp³-hybridized carbons (Fsp3) is 0.571. The van der Waals surface area contributed by atoms with Crippen molar-refractivity contribution in [3.8, 4) is 5.75 Å². The van der Waals surface area contributed by atoms with Crippen molar-refractivity contribution in [2.75, 3.05) is 6.61 Å². The van der Waals surface area contributed by atoms with E-state index in [1.165, 1.54) is 6.42 Å². The molecule has 1 saturated heterocycles. The molecule has 102 valence electrons. The zero-order chi connectivity index (χ0) is 13.3. The van der Waals surface area contributed by atoms with Gasteiger partial charge in [-0.3, -0.25) is 0 Å². The molecule has 4 nitrogen and oxygen atoms in total. The average Bonchev–Trinajstić information content (AvgIpc) is 2.37. The lowest BCUT2D eigenvalue weighted by atomic mass is 9.74. The third-order valence-corrected chi connectivity index (χ3v) is 4.20. The SMILES string of the molecule is OB(O)c1ccccc1OC1CCOC2(CCC2)C1. The maximum atomic E-state index is 9.34. The number of hydrogen-bond acceptors (Lipinski definition) is 4. The zero-order valence-electron chi connectivity index (χ0n) is 10.9. The Morgan fingerprint density at radius 3 is 2.74 bits per heavy atom. The maximum Gasteiger partial charge on any atom is 0.492 e. The highest BCUT2D eigenvalue weighted by atomic mass is 16.5. The highest BCUT2D eigenvalue weighted by Gasteiger charge is 2.43. The summed E-state index contributed by atoms with van der Waals surface area (Å²) >= 11 is 0. The quantitative estimate of drug-likeness (QED) is 0.793. The van der Waals surface area contributed by atoms with Crippen molar-refractivity contribution in [3.63, 3.8) is 0 Å². The summed E-state index contributed by atoms with van der Waals surface area (Å²) in [5.41, 5.74) is 0.465. The Morgan fingerprint density at radius 2 is 2.05 bits per heavy atom. The molecule has 1 aliphatic heterocycles. The van der Waals surface area contributed by atoms with Crippen molar-refractivity contribution in [1.82, 2.24) is 0 Å². The summed E-state index contributed by atoms with van der Waals surface area (Å²) in [6, 6.07) is 7.09. The molecule has 1 heterocycles. The first-order chi connectivity index (χ1) is 9.19. The molecule has 1 aromatic carbocycles. The lowest BCUT2D eigenvalue weighted by Crippen LogP contribution is -2.48. The highest BCUT2D eigenvalue weighted by Crippen LogP contribution is 2.43. The second-order valence-corrected chi connectivity index (χ2v) is 5.53. The molecule has 2 N–H and O–H groups in total. The summed E-state index contributed by atoms with van der Waals surface area (Å²) in [5.74, 6) is 0.568. The normalized spacial score (nSPS) is 24.8. The molecule has 0 amide bonds. The van der Waals surface area contributed by atoms with E-state index >= 15 is 0 Å². The Morgan fingerprint density at radius 1 is 1.26 bits per heavy atom. The van der Waals surface area contributed by atoms with Crippen molar-refractivity contribution in [1.29, 1.82) is 0 Å². The summed E-state index contributed by atoms with van der Waals surface area (Å²) in [6.45, 7) is 0.731. The summed E-state index contributed by atoms with van der Waals surface area (Å²) in [7, 11) is -1.49. The van der Waals surface area contributed by atoms with E-state index in [1.54, 1.807) is 18.2 Å². The average molecular weight is 262 g/mol. The Labute approximate surface area is 113 Å². The van der Waals surface area contributed by atoms with Crippen molar-refractivity contribution in [2.24, 2.45) is 0 Å². The van der Waals surface area contributed by atoms with E-state index in [4.69, 9.17) is 9.47 Å². The predicted octanol–water partition coefficient (Wildman–Crippen LogP) is 0.847. The highest BCUT2D eigenvalue weighted by molar-refractivity contribution is 6.59. The van der Waals surface area contributed by atoms with Crippen LogP contribution in [-0.4, -0.2) is 35.5 Å². The summed E-state index contributed by atoms with van der Waals surface area (Å²) in [4.78, 5) is 0. The van der Waals surface area contributed by atoms with Crippen LogP contribution in [0.1, 0.15) is 32.1 Å². The van der Waals surface area contributed by atoms with Crippen LogP contribution in [0.25, 0.3) is 0 Å². The third-order valence-electron chi connectivity index (χ3n) is 4.20. The molecule has 1 atom stereocenters. The van der Waals surface area contributed by atoms with Gasteiger partial charge in [0.25, 0.3) is 0 Å². The second kappa shape index (κ2) is 5.15. The van der Waals surface area contributed by atoms with Gasteiger partial charge in [0.2, 0.25) is 0 Å². The van der Waals surface area contributed by atoms with Gasteiger partial charge in [0, 0.05) is 18.3 Å². The van der Waals surface area contributed by atoms with Gasteiger partial charge in [-0.05, 0) is 25.3 Å². The number of para-hydroxylation sites is 1. The van der Waals surface area contributed by atoms with Crippen LogP contribution in [0, 0.1) is 0 Å². The fourth-order valence-corrected chi connectivity index (χ4v) is 2.98. The first-order valence-corrected chi connectivity index (χ1v) is 6.94. The Kier molecular flexibility index (Phi) is 3.52. The Bertz CT molecular complexity index is 445. The number of rotatable bonds is 3. The molecule has 1 aliphatic carbocycles. The topological polar surface area (TPSA) is 58.9 Å². The molecular weight excluding hydrogens is 243 g/mol. The smallest absolute Gasteiger partial charge is 0.491 e. The molecule has 5 heteroatoms. The molecule has 0 aromatic heterocycles. The van der Waals surface area contributed by atoms with E-state index in [0.29, 0.717) is 11.2 Å². The van der Waals surface area contributed by atoms with Crippen LogP contribution < -0.4 is 10.2 Å². The van der Waals surface area contributed by atoms with Gasteiger partial charge in [0.1, 0.15) is 11.9 Å². The maximum absolute atomic E-state index is 9.34. The van der Waals surface area contributed by atoms with E-state index in [9.17, 15) is 10.0 Å².